The Kier molecular flexibility index (Phi) is 2.82. The van der Waals surface area contributed by atoms with E-state index in [9.17, 15) is 14.7 Å². The quantitative estimate of drug-likeness (QED) is 0.589. The normalized spacial score (nSPS) is 23.0. The van der Waals surface area contributed by atoms with E-state index < -0.39 is 17.6 Å². The van der Waals surface area contributed by atoms with Gasteiger partial charge < -0.3 is 20.4 Å². The van der Waals surface area contributed by atoms with Gasteiger partial charge in [0, 0.05) is 6.04 Å². The van der Waals surface area contributed by atoms with Crippen molar-refractivity contribution in [1.29, 1.82) is 0 Å². The number of amides is 1. The van der Waals surface area contributed by atoms with Crippen LogP contribution >= 0.6 is 0 Å². The molecule has 0 radical (unpaired) electrons. The summed E-state index contributed by atoms with van der Waals surface area (Å²) in [5, 5.41) is 21.4. The number of aliphatic hydroxyl groups is 1. The molecule has 2 aliphatic heterocycles. The molecule has 0 aromatic heterocycles. The van der Waals surface area contributed by atoms with Crippen molar-refractivity contribution in [3.05, 3.63) is 11.3 Å². The van der Waals surface area contributed by atoms with E-state index in [-0.39, 0.29) is 18.2 Å². The Morgan fingerprint density at radius 1 is 1.38 bits per heavy atom. The molecule has 6 nitrogen and oxygen atoms in total. The minimum atomic E-state index is -1.22. The van der Waals surface area contributed by atoms with E-state index in [0.717, 1.165) is 25.9 Å². The van der Waals surface area contributed by atoms with Crippen molar-refractivity contribution >= 4 is 11.9 Å². The molecular formula is C10H14N2O4. The van der Waals surface area contributed by atoms with Gasteiger partial charge in [-0.25, -0.2) is 4.79 Å². The summed E-state index contributed by atoms with van der Waals surface area (Å²) in [5.41, 5.74) is -0.191. The zero-order valence-electron chi connectivity index (χ0n) is 8.77. The topological polar surface area (TPSA) is 89.9 Å². The van der Waals surface area contributed by atoms with E-state index in [0.29, 0.717) is 0 Å². The highest BCUT2D eigenvalue weighted by molar-refractivity contribution is 6.04. The number of carboxylic acid groups (broad SMARTS) is 1. The first kappa shape index (κ1) is 10.9. The molecule has 0 aliphatic carbocycles. The fourth-order valence-corrected chi connectivity index (χ4v) is 2.16. The van der Waals surface area contributed by atoms with Crippen LogP contribution in [0, 0.1) is 0 Å². The summed E-state index contributed by atoms with van der Waals surface area (Å²) in [5.74, 6) is -2.38. The fourth-order valence-electron chi connectivity index (χ4n) is 2.16. The number of aliphatic carboxylic acids is 1. The number of hydrogen-bond donors (Lipinski definition) is 3. The van der Waals surface area contributed by atoms with Crippen molar-refractivity contribution in [3.63, 3.8) is 0 Å². The SMILES string of the molecule is O=C(O)C1=C(O)C(=O)N(C2CCNCC2)C1. The largest absolute Gasteiger partial charge is 0.503 e. The lowest BCUT2D eigenvalue weighted by Crippen LogP contribution is -2.44. The van der Waals surface area contributed by atoms with E-state index >= 15 is 0 Å². The summed E-state index contributed by atoms with van der Waals surface area (Å²) in [6.45, 7) is 1.65. The molecule has 16 heavy (non-hydrogen) atoms. The van der Waals surface area contributed by atoms with E-state index in [1.165, 1.54) is 4.90 Å². The van der Waals surface area contributed by atoms with E-state index in [1.54, 1.807) is 0 Å². The van der Waals surface area contributed by atoms with E-state index in [4.69, 9.17) is 5.11 Å². The number of rotatable bonds is 2. The van der Waals surface area contributed by atoms with Crippen molar-refractivity contribution in [2.75, 3.05) is 19.6 Å². The van der Waals surface area contributed by atoms with Gasteiger partial charge in [-0.2, -0.15) is 0 Å². The molecule has 0 unspecified atom stereocenters. The molecule has 0 aromatic rings. The summed E-state index contributed by atoms with van der Waals surface area (Å²) in [6.07, 6.45) is 1.60. The molecule has 0 atom stereocenters. The monoisotopic (exact) mass is 226 g/mol. The average Bonchev–Trinajstić information content (AvgIpc) is 2.58. The van der Waals surface area contributed by atoms with Gasteiger partial charge in [-0.1, -0.05) is 0 Å². The lowest BCUT2D eigenvalue weighted by Gasteiger charge is -2.31. The summed E-state index contributed by atoms with van der Waals surface area (Å²) < 4.78 is 0. The van der Waals surface area contributed by atoms with Crippen molar-refractivity contribution < 1.29 is 19.8 Å². The highest BCUT2D eigenvalue weighted by atomic mass is 16.4. The van der Waals surface area contributed by atoms with Crippen molar-refractivity contribution in [2.24, 2.45) is 0 Å². The second-order valence-corrected chi connectivity index (χ2v) is 4.05. The maximum Gasteiger partial charge on any atom is 0.337 e. The zero-order chi connectivity index (χ0) is 11.7. The molecule has 88 valence electrons. The van der Waals surface area contributed by atoms with Gasteiger partial charge in [0.1, 0.15) is 5.57 Å². The molecule has 1 amide bonds. The van der Waals surface area contributed by atoms with Gasteiger partial charge in [-0.15, -0.1) is 0 Å². The summed E-state index contributed by atoms with van der Waals surface area (Å²) >= 11 is 0. The predicted molar refractivity (Wildman–Crippen MR) is 54.9 cm³/mol. The number of aliphatic hydroxyl groups excluding tert-OH is 1. The first-order chi connectivity index (χ1) is 7.61. The Bertz CT molecular complexity index is 358. The Morgan fingerprint density at radius 3 is 2.50 bits per heavy atom. The van der Waals surface area contributed by atoms with Gasteiger partial charge >= 0.3 is 5.97 Å². The fraction of sp³-hybridized carbons (Fsp3) is 0.600. The molecule has 0 spiro atoms. The molecule has 3 N–H and O–H groups in total. The third-order valence-corrected chi connectivity index (χ3v) is 3.09. The van der Waals surface area contributed by atoms with Crippen LogP contribution in [0.3, 0.4) is 0 Å². The number of piperidine rings is 1. The lowest BCUT2D eigenvalue weighted by molar-refractivity contribution is -0.133. The maximum absolute atomic E-state index is 11.7. The molecule has 0 bridgehead atoms. The van der Waals surface area contributed by atoms with Gasteiger partial charge in [0.2, 0.25) is 0 Å². The number of nitrogens with one attached hydrogen (secondary N) is 1. The van der Waals surface area contributed by atoms with Crippen LogP contribution in [0.15, 0.2) is 11.3 Å². The highest BCUT2D eigenvalue weighted by Gasteiger charge is 2.37. The third kappa shape index (κ3) is 1.76. The summed E-state index contributed by atoms with van der Waals surface area (Å²) in [4.78, 5) is 23.9. The van der Waals surface area contributed by atoms with Crippen LogP contribution in [0.25, 0.3) is 0 Å². The number of hydrogen-bond acceptors (Lipinski definition) is 4. The Morgan fingerprint density at radius 2 is 2.00 bits per heavy atom. The second-order valence-electron chi connectivity index (χ2n) is 4.05. The smallest absolute Gasteiger partial charge is 0.337 e. The Labute approximate surface area is 92.5 Å². The van der Waals surface area contributed by atoms with Crippen LogP contribution in [-0.4, -0.2) is 52.7 Å². The Hall–Kier alpha value is -1.56. The number of nitrogens with zero attached hydrogens (tertiary/aromatic N) is 1. The zero-order valence-corrected chi connectivity index (χ0v) is 8.77. The molecule has 0 saturated carbocycles. The molecule has 6 heteroatoms. The second kappa shape index (κ2) is 4.13. The molecule has 0 aromatic carbocycles. The molecular weight excluding hydrogens is 212 g/mol. The van der Waals surface area contributed by atoms with E-state index in [2.05, 4.69) is 5.32 Å². The molecule has 2 rings (SSSR count). The molecule has 2 aliphatic rings. The summed E-state index contributed by atoms with van der Waals surface area (Å²) in [6, 6.07) is 0.0350. The van der Waals surface area contributed by atoms with Crippen LogP contribution in [0.2, 0.25) is 0 Å². The van der Waals surface area contributed by atoms with Gasteiger partial charge in [-0.3, -0.25) is 4.79 Å². The number of carbonyl (C=O) groups is 2. The maximum atomic E-state index is 11.7. The highest BCUT2D eigenvalue weighted by Crippen LogP contribution is 2.23. The first-order valence-electron chi connectivity index (χ1n) is 5.28. The molecule has 2 heterocycles. The molecule has 1 fully saturated rings. The standard InChI is InChI=1S/C10H14N2O4/c13-8-7(10(15)16)5-12(9(8)14)6-1-3-11-4-2-6/h6,11,13H,1-5H2,(H,15,16). The van der Waals surface area contributed by atoms with Crippen LogP contribution in [0.5, 0.6) is 0 Å². The van der Waals surface area contributed by atoms with E-state index in [1.807, 2.05) is 0 Å². The van der Waals surface area contributed by atoms with Crippen molar-refractivity contribution in [2.45, 2.75) is 18.9 Å². The van der Waals surface area contributed by atoms with Gasteiger partial charge in [0.15, 0.2) is 5.76 Å². The minimum Gasteiger partial charge on any atom is -0.503 e. The van der Waals surface area contributed by atoms with Gasteiger partial charge in [0.25, 0.3) is 5.91 Å². The van der Waals surface area contributed by atoms with Crippen LogP contribution in [0.4, 0.5) is 0 Å². The predicted octanol–water partition coefficient (Wildman–Crippen LogP) is -0.523. The minimum absolute atomic E-state index is 0.0185. The van der Waals surface area contributed by atoms with Crippen LogP contribution < -0.4 is 5.32 Å². The third-order valence-electron chi connectivity index (χ3n) is 3.09. The number of carbonyl (C=O) groups excluding carboxylic acids is 1. The van der Waals surface area contributed by atoms with Crippen molar-refractivity contribution in [1.82, 2.24) is 10.2 Å². The molecule has 1 saturated heterocycles. The Balaban J connectivity index is 2.11. The van der Waals surface area contributed by atoms with Gasteiger partial charge in [-0.05, 0) is 25.9 Å². The van der Waals surface area contributed by atoms with Crippen molar-refractivity contribution in [3.8, 4) is 0 Å². The van der Waals surface area contributed by atoms with Crippen LogP contribution in [0.1, 0.15) is 12.8 Å². The average molecular weight is 226 g/mol. The summed E-state index contributed by atoms with van der Waals surface area (Å²) in [7, 11) is 0. The van der Waals surface area contributed by atoms with Crippen LogP contribution in [-0.2, 0) is 9.59 Å². The number of carboxylic acids is 1. The van der Waals surface area contributed by atoms with Gasteiger partial charge in [0.05, 0.1) is 6.54 Å². The first-order valence-corrected chi connectivity index (χ1v) is 5.28. The lowest BCUT2D eigenvalue weighted by atomic mass is 10.1.